The van der Waals surface area contributed by atoms with E-state index in [1.165, 1.54) is 0 Å². The standard InChI is InChI=1S/C30H25N/c1-2-15-28(24-16-7-3-8-17-24)30(27-22-13-6-14-23-27)31-29(25-18-9-4-10-19-25)26-20-11-5-12-21-26/h2-14,16-23H,1,15H2/b30-28+. The van der Waals surface area contributed by atoms with Crippen LogP contribution in [0.1, 0.15) is 28.7 Å². The lowest BCUT2D eigenvalue weighted by Crippen LogP contribution is -2.04. The molecule has 0 atom stereocenters. The molecule has 0 amide bonds. The number of hydrogen-bond acceptors (Lipinski definition) is 1. The van der Waals surface area contributed by atoms with Gasteiger partial charge in [-0.1, -0.05) is 127 Å². The molecule has 0 bridgehead atoms. The third kappa shape index (κ3) is 4.96. The Morgan fingerprint density at radius 2 is 0.935 bits per heavy atom. The second-order valence-corrected chi connectivity index (χ2v) is 7.24. The van der Waals surface area contributed by atoms with Crippen molar-refractivity contribution in [3.63, 3.8) is 0 Å². The largest absolute Gasteiger partial charge is 0.247 e. The number of aliphatic imine (C=N–C) groups is 1. The van der Waals surface area contributed by atoms with Gasteiger partial charge in [-0.05, 0) is 17.6 Å². The summed E-state index contributed by atoms with van der Waals surface area (Å²) in [6.07, 6.45) is 2.68. The maximum atomic E-state index is 5.33. The number of allylic oxidation sites excluding steroid dienone is 2. The summed E-state index contributed by atoms with van der Waals surface area (Å²) in [6.45, 7) is 4.01. The van der Waals surface area contributed by atoms with E-state index < -0.39 is 0 Å². The van der Waals surface area contributed by atoms with Gasteiger partial charge in [0.05, 0.1) is 11.4 Å². The molecule has 0 N–H and O–H groups in total. The Morgan fingerprint density at radius 1 is 0.548 bits per heavy atom. The highest BCUT2D eigenvalue weighted by molar-refractivity contribution is 6.15. The molecule has 1 nitrogen and oxygen atoms in total. The lowest BCUT2D eigenvalue weighted by atomic mass is 9.96. The van der Waals surface area contributed by atoms with Crippen LogP contribution in [-0.2, 0) is 0 Å². The zero-order chi connectivity index (χ0) is 21.3. The fourth-order valence-electron chi connectivity index (χ4n) is 3.64. The van der Waals surface area contributed by atoms with Crippen LogP contribution in [0.5, 0.6) is 0 Å². The zero-order valence-electron chi connectivity index (χ0n) is 17.5. The summed E-state index contributed by atoms with van der Waals surface area (Å²) >= 11 is 0. The quantitative estimate of drug-likeness (QED) is 0.172. The average Bonchev–Trinajstić information content (AvgIpc) is 2.86. The molecular weight excluding hydrogens is 374 g/mol. The first kappa shape index (κ1) is 20.3. The second kappa shape index (κ2) is 10.2. The Balaban J connectivity index is 2.02. The van der Waals surface area contributed by atoms with Gasteiger partial charge in [0.15, 0.2) is 0 Å². The van der Waals surface area contributed by atoms with Gasteiger partial charge >= 0.3 is 0 Å². The van der Waals surface area contributed by atoms with Crippen molar-refractivity contribution < 1.29 is 0 Å². The van der Waals surface area contributed by atoms with Gasteiger partial charge in [-0.15, -0.1) is 6.58 Å². The van der Waals surface area contributed by atoms with Crippen molar-refractivity contribution in [2.45, 2.75) is 6.42 Å². The van der Waals surface area contributed by atoms with E-state index >= 15 is 0 Å². The van der Waals surface area contributed by atoms with Gasteiger partial charge in [0, 0.05) is 16.7 Å². The average molecular weight is 400 g/mol. The highest BCUT2D eigenvalue weighted by Gasteiger charge is 2.14. The number of hydrogen-bond donors (Lipinski definition) is 0. The fourth-order valence-corrected chi connectivity index (χ4v) is 3.64. The Hall–Kier alpha value is -3.97. The molecule has 0 aliphatic carbocycles. The van der Waals surface area contributed by atoms with Gasteiger partial charge in [-0.25, -0.2) is 4.99 Å². The molecule has 0 fully saturated rings. The van der Waals surface area contributed by atoms with Crippen LogP contribution in [0.4, 0.5) is 0 Å². The van der Waals surface area contributed by atoms with Crippen molar-refractivity contribution in [3.8, 4) is 0 Å². The minimum absolute atomic E-state index is 0.731. The van der Waals surface area contributed by atoms with E-state index in [4.69, 9.17) is 4.99 Å². The van der Waals surface area contributed by atoms with Gasteiger partial charge in [0.25, 0.3) is 0 Å². The van der Waals surface area contributed by atoms with Gasteiger partial charge in [-0.3, -0.25) is 0 Å². The lowest BCUT2D eigenvalue weighted by Gasteiger charge is -2.15. The number of benzene rings is 4. The van der Waals surface area contributed by atoms with Crippen molar-refractivity contribution in [3.05, 3.63) is 156 Å². The summed E-state index contributed by atoms with van der Waals surface area (Å²) in [4.78, 5) is 5.33. The van der Waals surface area contributed by atoms with Crippen molar-refractivity contribution >= 4 is 17.0 Å². The first-order valence-electron chi connectivity index (χ1n) is 10.5. The fraction of sp³-hybridized carbons (Fsp3) is 0.0333. The van der Waals surface area contributed by atoms with Crippen LogP contribution in [0.25, 0.3) is 11.3 Å². The molecule has 150 valence electrons. The van der Waals surface area contributed by atoms with E-state index in [-0.39, 0.29) is 0 Å². The summed E-state index contributed by atoms with van der Waals surface area (Å²) in [6, 6.07) is 41.6. The van der Waals surface area contributed by atoms with Crippen molar-refractivity contribution in [1.29, 1.82) is 0 Å². The van der Waals surface area contributed by atoms with Crippen LogP contribution in [0, 0.1) is 0 Å². The van der Waals surface area contributed by atoms with Crippen molar-refractivity contribution in [1.82, 2.24) is 0 Å². The van der Waals surface area contributed by atoms with Crippen LogP contribution in [0.3, 0.4) is 0 Å². The molecule has 0 saturated heterocycles. The van der Waals surface area contributed by atoms with Crippen molar-refractivity contribution in [2.75, 3.05) is 0 Å². The Bertz CT molecular complexity index is 1130. The molecule has 0 aromatic heterocycles. The van der Waals surface area contributed by atoms with Gasteiger partial charge in [0.2, 0.25) is 0 Å². The van der Waals surface area contributed by atoms with Gasteiger partial charge in [-0.2, -0.15) is 0 Å². The lowest BCUT2D eigenvalue weighted by molar-refractivity contribution is 1.36. The van der Waals surface area contributed by atoms with Crippen LogP contribution in [0.15, 0.2) is 139 Å². The summed E-state index contributed by atoms with van der Waals surface area (Å²) in [5.41, 5.74) is 7.51. The molecule has 4 rings (SSSR count). The van der Waals surface area contributed by atoms with Crippen LogP contribution in [0.2, 0.25) is 0 Å². The second-order valence-electron chi connectivity index (χ2n) is 7.24. The number of rotatable bonds is 7. The van der Waals surface area contributed by atoms with E-state index in [9.17, 15) is 0 Å². The SMILES string of the molecule is C=CC/C(=C(\N=C(c1ccccc1)c1ccccc1)c1ccccc1)c1ccccc1. The predicted molar refractivity (Wildman–Crippen MR) is 133 cm³/mol. The summed E-state index contributed by atoms with van der Waals surface area (Å²) < 4.78 is 0. The van der Waals surface area contributed by atoms with Crippen LogP contribution < -0.4 is 0 Å². The topological polar surface area (TPSA) is 12.4 Å². The summed E-state index contributed by atoms with van der Waals surface area (Å²) in [5.74, 6) is 0. The normalized spacial score (nSPS) is 11.4. The zero-order valence-corrected chi connectivity index (χ0v) is 17.5. The molecule has 0 saturated carbocycles. The van der Waals surface area contributed by atoms with E-state index in [2.05, 4.69) is 104 Å². The summed E-state index contributed by atoms with van der Waals surface area (Å²) in [7, 11) is 0. The van der Waals surface area contributed by atoms with E-state index in [1.807, 2.05) is 30.3 Å². The highest BCUT2D eigenvalue weighted by Crippen LogP contribution is 2.31. The highest BCUT2D eigenvalue weighted by atomic mass is 14.8. The molecular formula is C30H25N. The van der Waals surface area contributed by atoms with Crippen LogP contribution in [-0.4, -0.2) is 5.71 Å². The molecule has 0 aliphatic rings. The maximum Gasteiger partial charge on any atom is 0.0781 e. The maximum absolute atomic E-state index is 5.33. The molecule has 4 aromatic carbocycles. The Morgan fingerprint density at radius 3 is 1.35 bits per heavy atom. The van der Waals surface area contributed by atoms with E-state index in [0.717, 1.165) is 45.7 Å². The third-order valence-corrected chi connectivity index (χ3v) is 5.12. The Labute approximate surface area is 184 Å². The predicted octanol–water partition coefficient (Wildman–Crippen LogP) is 7.67. The smallest absolute Gasteiger partial charge is 0.0781 e. The van der Waals surface area contributed by atoms with Crippen LogP contribution >= 0.6 is 0 Å². The minimum atomic E-state index is 0.731. The van der Waals surface area contributed by atoms with E-state index in [1.54, 1.807) is 0 Å². The number of nitrogens with zero attached hydrogens (tertiary/aromatic N) is 1. The minimum Gasteiger partial charge on any atom is -0.247 e. The molecule has 0 aliphatic heterocycles. The first-order valence-corrected chi connectivity index (χ1v) is 10.5. The summed E-state index contributed by atoms with van der Waals surface area (Å²) in [5, 5.41) is 0. The van der Waals surface area contributed by atoms with Gasteiger partial charge < -0.3 is 0 Å². The van der Waals surface area contributed by atoms with E-state index in [0.29, 0.717) is 0 Å². The van der Waals surface area contributed by atoms with Gasteiger partial charge in [0.1, 0.15) is 0 Å². The molecule has 0 radical (unpaired) electrons. The molecule has 4 aromatic rings. The Kier molecular flexibility index (Phi) is 6.67. The molecule has 1 heteroatoms. The third-order valence-electron chi connectivity index (χ3n) is 5.12. The molecule has 0 heterocycles. The van der Waals surface area contributed by atoms with Crippen molar-refractivity contribution in [2.24, 2.45) is 4.99 Å². The first-order chi connectivity index (χ1) is 15.4. The monoisotopic (exact) mass is 399 g/mol. The molecule has 0 spiro atoms. The molecule has 31 heavy (non-hydrogen) atoms. The molecule has 0 unspecified atom stereocenters.